The van der Waals surface area contributed by atoms with E-state index >= 15 is 0 Å². The minimum absolute atomic E-state index is 0.175. The summed E-state index contributed by atoms with van der Waals surface area (Å²) in [5.41, 5.74) is 3.86. The predicted molar refractivity (Wildman–Crippen MR) is 109 cm³/mol. The first-order chi connectivity index (χ1) is 13.5. The van der Waals surface area contributed by atoms with Crippen LogP contribution in [-0.4, -0.2) is 21.8 Å². The van der Waals surface area contributed by atoms with Crippen molar-refractivity contribution in [2.75, 3.05) is 16.0 Å². The smallest absolute Gasteiger partial charge is 0.258 e. The second-order valence-electron chi connectivity index (χ2n) is 6.29. The van der Waals surface area contributed by atoms with Crippen LogP contribution in [0.5, 0.6) is 0 Å². The molecule has 0 saturated heterocycles. The Bertz CT molecular complexity index is 986. The van der Waals surface area contributed by atoms with Crippen molar-refractivity contribution in [2.45, 2.75) is 20.4 Å². The number of carbonyl (C=O) groups is 2. The molecule has 2 aromatic carbocycles. The van der Waals surface area contributed by atoms with Gasteiger partial charge < -0.3 is 16.0 Å². The van der Waals surface area contributed by atoms with Crippen LogP contribution in [0.25, 0.3) is 0 Å². The molecule has 0 aliphatic carbocycles. The highest BCUT2D eigenvalue weighted by atomic mass is 16.2. The van der Waals surface area contributed by atoms with Gasteiger partial charge in [-0.15, -0.1) is 0 Å². The highest BCUT2D eigenvalue weighted by molar-refractivity contribution is 6.04. The molecule has 0 saturated carbocycles. The summed E-state index contributed by atoms with van der Waals surface area (Å²) in [4.78, 5) is 31.9. The van der Waals surface area contributed by atoms with E-state index in [9.17, 15) is 9.59 Å². The van der Waals surface area contributed by atoms with Crippen LogP contribution in [0.1, 0.15) is 28.4 Å². The Kier molecular flexibility index (Phi) is 5.96. The SMILES string of the molecule is CC(=O)Nc1cccc(NC(=O)c2cnc(NCc3ccccc3C)nc2)c1. The Hall–Kier alpha value is -3.74. The van der Waals surface area contributed by atoms with Gasteiger partial charge in [-0.2, -0.15) is 0 Å². The fourth-order valence-electron chi connectivity index (χ4n) is 2.60. The van der Waals surface area contributed by atoms with Crippen molar-refractivity contribution in [1.29, 1.82) is 0 Å². The third-order valence-electron chi connectivity index (χ3n) is 4.05. The number of rotatable bonds is 6. The fourth-order valence-corrected chi connectivity index (χ4v) is 2.60. The molecule has 1 aromatic heterocycles. The topological polar surface area (TPSA) is 96.0 Å². The Morgan fingerprint density at radius 3 is 2.29 bits per heavy atom. The molecule has 0 atom stereocenters. The van der Waals surface area contributed by atoms with Crippen LogP contribution in [0.4, 0.5) is 17.3 Å². The number of carbonyl (C=O) groups excluding carboxylic acids is 2. The third kappa shape index (κ3) is 5.14. The zero-order valence-corrected chi connectivity index (χ0v) is 15.7. The van der Waals surface area contributed by atoms with Gasteiger partial charge in [0.25, 0.3) is 5.91 Å². The van der Waals surface area contributed by atoms with Crippen LogP contribution < -0.4 is 16.0 Å². The van der Waals surface area contributed by atoms with Gasteiger partial charge in [0, 0.05) is 37.2 Å². The number of amides is 2. The average Bonchev–Trinajstić information content (AvgIpc) is 2.67. The van der Waals surface area contributed by atoms with Crippen molar-refractivity contribution in [2.24, 2.45) is 0 Å². The number of benzene rings is 2. The normalized spacial score (nSPS) is 10.2. The van der Waals surface area contributed by atoms with Gasteiger partial charge in [0.1, 0.15) is 0 Å². The Morgan fingerprint density at radius 1 is 0.929 bits per heavy atom. The van der Waals surface area contributed by atoms with Crippen LogP contribution in [-0.2, 0) is 11.3 Å². The molecule has 0 bridgehead atoms. The molecule has 2 amide bonds. The Balaban J connectivity index is 1.61. The van der Waals surface area contributed by atoms with E-state index in [0.717, 1.165) is 5.56 Å². The van der Waals surface area contributed by atoms with Gasteiger partial charge >= 0.3 is 0 Å². The monoisotopic (exact) mass is 375 g/mol. The molecule has 0 spiro atoms. The number of aryl methyl sites for hydroxylation is 1. The second-order valence-corrected chi connectivity index (χ2v) is 6.29. The van der Waals surface area contributed by atoms with E-state index in [1.807, 2.05) is 31.2 Å². The summed E-state index contributed by atoms with van der Waals surface area (Å²) in [5, 5.41) is 8.59. The lowest BCUT2D eigenvalue weighted by Gasteiger charge is -2.09. The number of hydrogen-bond acceptors (Lipinski definition) is 5. The minimum Gasteiger partial charge on any atom is -0.350 e. The van der Waals surface area contributed by atoms with E-state index in [0.29, 0.717) is 29.4 Å². The van der Waals surface area contributed by atoms with Gasteiger partial charge in [0.2, 0.25) is 11.9 Å². The van der Waals surface area contributed by atoms with Crippen molar-refractivity contribution in [3.05, 3.63) is 77.6 Å². The van der Waals surface area contributed by atoms with Crippen molar-refractivity contribution in [1.82, 2.24) is 9.97 Å². The molecule has 1 heterocycles. The quantitative estimate of drug-likeness (QED) is 0.612. The summed E-state index contributed by atoms with van der Waals surface area (Å²) < 4.78 is 0. The first-order valence-electron chi connectivity index (χ1n) is 8.81. The molecular formula is C21H21N5O2. The lowest BCUT2D eigenvalue weighted by molar-refractivity contribution is -0.114. The zero-order chi connectivity index (χ0) is 19.9. The second kappa shape index (κ2) is 8.77. The maximum atomic E-state index is 12.4. The molecule has 142 valence electrons. The Labute approximate surface area is 163 Å². The van der Waals surface area contributed by atoms with Crippen LogP contribution in [0.15, 0.2) is 60.9 Å². The highest BCUT2D eigenvalue weighted by Crippen LogP contribution is 2.16. The standard InChI is InChI=1S/C21H21N5O2/c1-14-6-3-4-7-16(14)11-22-21-23-12-17(13-24-21)20(28)26-19-9-5-8-18(10-19)25-15(2)27/h3-10,12-13H,11H2,1-2H3,(H,25,27)(H,26,28)(H,22,23,24). The van der Waals surface area contributed by atoms with Gasteiger partial charge in [-0.05, 0) is 36.2 Å². The average molecular weight is 375 g/mol. The van der Waals surface area contributed by atoms with Gasteiger partial charge in [0.15, 0.2) is 0 Å². The largest absolute Gasteiger partial charge is 0.350 e. The highest BCUT2D eigenvalue weighted by Gasteiger charge is 2.09. The summed E-state index contributed by atoms with van der Waals surface area (Å²) in [6.45, 7) is 4.08. The van der Waals surface area contributed by atoms with Crippen LogP contribution in [0.3, 0.4) is 0 Å². The lowest BCUT2D eigenvalue weighted by Crippen LogP contribution is -2.14. The van der Waals surface area contributed by atoms with Crippen LogP contribution in [0.2, 0.25) is 0 Å². The number of aromatic nitrogens is 2. The van der Waals surface area contributed by atoms with Gasteiger partial charge in [-0.3, -0.25) is 9.59 Å². The summed E-state index contributed by atoms with van der Waals surface area (Å²) >= 11 is 0. The molecule has 28 heavy (non-hydrogen) atoms. The van der Waals surface area contributed by atoms with Crippen molar-refractivity contribution < 1.29 is 9.59 Å². The molecule has 3 aromatic rings. The van der Waals surface area contributed by atoms with Crippen LogP contribution >= 0.6 is 0 Å². The molecule has 0 aliphatic heterocycles. The van der Waals surface area contributed by atoms with E-state index < -0.39 is 0 Å². The Morgan fingerprint density at radius 2 is 1.61 bits per heavy atom. The van der Waals surface area contributed by atoms with Crippen LogP contribution in [0, 0.1) is 6.92 Å². The van der Waals surface area contributed by atoms with E-state index in [4.69, 9.17) is 0 Å². The summed E-state index contributed by atoms with van der Waals surface area (Å²) in [6.07, 6.45) is 2.94. The van der Waals surface area contributed by atoms with E-state index in [1.165, 1.54) is 24.9 Å². The number of anilines is 3. The third-order valence-corrected chi connectivity index (χ3v) is 4.05. The van der Waals surface area contributed by atoms with E-state index in [1.54, 1.807) is 24.3 Å². The molecule has 7 nitrogen and oxygen atoms in total. The maximum Gasteiger partial charge on any atom is 0.258 e. The fraction of sp³-hybridized carbons (Fsp3) is 0.143. The number of nitrogens with one attached hydrogen (secondary N) is 3. The minimum atomic E-state index is -0.328. The van der Waals surface area contributed by atoms with E-state index in [2.05, 4.69) is 25.9 Å². The molecule has 0 aliphatic rings. The molecule has 0 fully saturated rings. The number of nitrogens with zero attached hydrogens (tertiary/aromatic N) is 2. The molecule has 3 rings (SSSR count). The maximum absolute atomic E-state index is 12.4. The summed E-state index contributed by atoms with van der Waals surface area (Å²) in [7, 11) is 0. The molecule has 0 unspecified atom stereocenters. The first-order valence-corrected chi connectivity index (χ1v) is 8.81. The van der Waals surface area contributed by atoms with Gasteiger partial charge in [-0.1, -0.05) is 30.3 Å². The molecule has 3 N–H and O–H groups in total. The molecule has 0 radical (unpaired) electrons. The predicted octanol–water partition coefficient (Wildman–Crippen LogP) is 3.61. The van der Waals surface area contributed by atoms with Crippen molar-refractivity contribution in [3.63, 3.8) is 0 Å². The molecule has 7 heteroatoms. The van der Waals surface area contributed by atoms with E-state index in [-0.39, 0.29) is 11.8 Å². The lowest BCUT2D eigenvalue weighted by atomic mass is 10.1. The summed E-state index contributed by atoms with van der Waals surface area (Å²) in [6, 6.07) is 15.0. The zero-order valence-electron chi connectivity index (χ0n) is 15.7. The van der Waals surface area contributed by atoms with Crippen molar-refractivity contribution >= 4 is 29.1 Å². The van der Waals surface area contributed by atoms with Crippen molar-refractivity contribution in [3.8, 4) is 0 Å². The summed E-state index contributed by atoms with van der Waals surface area (Å²) in [5.74, 6) is -0.0523. The first kappa shape index (κ1) is 19.0. The number of hydrogen-bond donors (Lipinski definition) is 3. The van der Waals surface area contributed by atoms with Gasteiger partial charge in [-0.25, -0.2) is 9.97 Å². The van der Waals surface area contributed by atoms with Gasteiger partial charge in [0.05, 0.1) is 5.56 Å². The molecular weight excluding hydrogens is 354 g/mol.